The van der Waals surface area contributed by atoms with Crippen LogP contribution in [0.3, 0.4) is 0 Å². The molecule has 0 radical (unpaired) electrons. The zero-order valence-electron chi connectivity index (χ0n) is 19.7. The molecule has 9 heteroatoms. The molecule has 1 atom stereocenters. The number of fused-ring (bicyclic) bond motifs is 1. The van der Waals surface area contributed by atoms with E-state index in [1.54, 1.807) is 45.4 Å². The SMILES string of the molecule is CCOC(=O)CC1=CC(S[C@@H](CC)C(=O)Nc2cc(OC)ccc2OC)=Nc2ccccc2N1. The van der Waals surface area contributed by atoms with Gasteiger partial charge < -0.3 is 24.8 Å². The lowest BCUT2D eigenvalue weighted by molar-refractivity contribution is -0.142. The van der Waals surface area contributed by atoms with Gasteiger partial charge in [0.1, 0.15) is 11.5 Å². The summed E-state index contributed by atoms with van der Waals surface area (Å²) in [5.41, 5.74) is 2.69. The summed E-state index contributed by atoms with van der Waals surface area (Å²) in [6.07, 6.45) is 2.44. The highest BCUT2D eigenvalue weighted by molar-refractivity contribution is 8.15. The van der Waals surface area contributed by atoms with Gasteiger partial charge in [-0.3, -0.25) is 9.59 Å². The van der Waals surface area contributed by atoms with E-state index >= 15 is 0 Å². The van der Waals surface area contributed by atoms with Crippen LogP contribution in [0, 0.1) is 0 Å². The maximum atomic E-state index is 13.2. The first-order valence-corrected chi connectivity index (χ1v) is 11.9. The number of nitrogens with zero attached hydrogens (tertiary/aromatic N) is 1. The molecule has 0 fully saturated rings. The minimum absolute atomic E-state index is 0.0751. The largest absolute Gasteiger partial charge is 0.497 e. The van der Waals surface area contributed by atoms with Crippen LogP contribution in [0.5, 0.6) is 11.5 Å². The number of ether oxygens (including phenoxy) is 3. The van der Waals surface area contributed by atoms with E-state index in [1.807, 2.05) is 31.2 Å². The maximum absolute atomic E-state index is 13.2. The Kier molecular flexibility index (Phi) is 8.98. The number of benzene rings is 2. The van der Waals surface area contributed by atoms with Crippen molar-refractivity contribution in [3.8, 4) is 11.5 Å². The van der Waals surface area contributed by atoms with Crippen LogP contribution in [-0.4, -0.2) is 43.0 Å². The van der Waals surface area contributed by atoms with Crippen LogP contribution in [0.1, 0.15) is 26.7 Å². The molecule has 180 valence electrons. The summed E-state index contributed by atoms with van der Waals surface area (Å²) in [6.45, 7) is 4.02. The third-order valence-electron chi connectivity index (χ3n) is 4.96. The first-order valence-electron chi connectivity index (χ1n) is 11.0. The van der Waals surface area contributed by atoms with E-state index < -0.39 is 5.25 Å². The number of methoxy groups -OCH3 is 2. The van der Waals surface area contributed by atoms with Crippen LogP contribution in [0.25, 0.3) is 0 Å². The fourth-order valence-electron chi connectivity index (χ4n) is 3.30. The molecule has 2 aromatic carbocycles. The third-order valence-corrected chi connectivity index (χ3v) is 6.24. The van der Waals surface area contributed by atoms with E-state index in [1.165, 1.54) is 11.8 Å². The van der Waals surface area contributed by atoms with Crippen molar-refractivity contribution in [2.75, 3.05) is 31.5 Å². The van der Waals surface area contributed by atoms with E-state index in [4.69, 9.17) is 19.2 Å². The van der Waals surface area contributed by atoms with Crippen molar-refractivity contribution in [1.82, 2.24) is 0 Å². The van der Waals surface area contributed by atoms with Crippen molar-refractivity contribution in [2.24, 2.45) is 4.99 Å². The summed E-state index contributed by atoms with van der Waals surface area (Å²) < 4.78 is 15.7. The Bertz CT molecular complexity index is 1100. The lowest BCUT2D eigenvalue weighted by Gasteiger charge is -2.17. The van der Waals surface area contributed by atoms with E-state index in [0.717, 1.165) is 11.4 Å². The smallest absolute Gasteiger partial charge is 0.311 e. The Morgan fingerprint density at radius 3 is 2.62 bits per heavy atom. The molecule has 8 nitrogen and oxygen atoms in total. The number of thioether (sulfide) groups is 1. The standard InChI is InChI=1S/C25H29N3O5S/c1-5-22(25(30)28-20-15-17(31-3)11-12-21(20)32-4)34-23-13-16(14-24(29)33-6-2)26-18-9-7-8-10-19(18)27-23/h7-13,15,22,26H,5-6,14H2,1-4H3,(H,28,30)/t22-/m0/s1. The minimum atomic E-state index is -0.431. The van der Waals surface area contributed by atoms with Crippen molar-refractivity contribution < 1.29 is 23.8 Å². The molecule has 2 aromatic rings. The molecule has 1 aliphatic rings. The van der Waals surface area contributed by atoms with Gasteiger partial charge in [0.05, 0.1) is 54.6 Å². The highest BCUT2D eigenvalue weighted by atomic mass is 32.2. The Morgan fingerprint density at radius 2 is 1.91 bits per heavy atom. The molecular formula is C25H29N3O5S. The Labute approximate surface area is 203 Å². The predicted molar refractivity (Wildman–Crippen MR) is 136 cm³/mol. The average molecular weight is 484 g/mol. The van der Waals surface area contributed by atoms with Crippen LogP contribution in [0.2, 0.25) is 0 Å². The van der Waals surface area contributed by atoms with Crippen LogP contribution in [0.15, 0.2) is 59.2 Å². The number of anilines is 2. The topological polar surface area (TPSA) is 98.3 Å². The van der Waals surface area contributed by atoms with Crippen LogP contribution in [0.4, 0.5) is 17.1 Å². The molecule has 0 aromatic heterocycles. The summed E-state index contributed by atoms with van der Waals surface area (Å²) in [4.78, 5) is 30.0. The van der Waals surface area contributed by atoms with Crippen molar-refractivity contribution in [2.45, 2.75) is 31.9 Å². The highest BCUT2D eigenvalue weighted by Gasteiger charge is 2.23. The second-order valence-corrected chi connectivity index (χ2v) is 8.54. The van der Waals surface area contributed by atoms with Crippen LogP contribution >= 0.6 is 11.8 Å². The van der Waals surface area contributed by atoms with Crippen LogP contribution < -0.4 is 20.1 Å². The number of nitrogens with one attached hydrogen (secondary N) is 2. The fraction of sp³-hybridized carbons (Fsp3) is 0.320. The molecule has 0 aliphatic carbocycles. The number of amides is 1. The second kappa shape index (κ2) is 12.1. The van der Waals surface area contributed by atoms with Crippen molar-refractivity contribution in [1.29, 1.82) is 0 Å². The molecule has 3 rings (SSSR count). The van der Waals surface area contributed by atoms with Crippen molar-refractivity contribution in [3.05, 3.63) is 54.2 Å². The number of carbonyl (C=O) groups is 2. The van der Waals surface area contributed by atoms with Gasteiger partial charge >= 0.3 is 5.97 Å². The number of carbonyl (C=O) groups excluding carboxylic acids is 2. The highest BCUT2D eigenvalue weighted by Crippen LogP contribution is 2.34. The van der Waals surface area contributed by atoms with Gasteiger partial charge in [-0.25, -0.2) is 4.99 Å². The molecule has 0 bridgehead atoms. The van der Waals surface area contributed by atoms with Gasteiger partial charge in [-0.15, -0.1) is 0 Å². The monoisotopic (exact) mass is 483 g/mol. The summed E-state index contributed by atoms with van der Waals surface area (Å²) in [6, 6.07) is 12.8. The first-order chi connectivity index (χ1) is 16.5. The number of aliphatic imine (C=N–C) groups is 1. The fourth-order valence-corrected chi connectivity index (χ4v) is 4.29. The van der Waals surface area contributed by atoms with Gasteiger partial charge in [0.2, 0.25) is 5.91 Å². The average Bonchev–Trinajstić information content (AvgIpc) is 3.00. The van der Waals surface area contributed by atoms with E-state index in [9.17, 15) is 9.59 Å². The number of hydrogen-bond donors (Lipinski definition) is 2. The molecule has 34 heavy (non-hydrogen) atoms. The Balaban J connectivity index is 1.84. The summed E-state index contributed by atoms with van der Waals surface area (Å²) >= 11 is 1.33. The first kappa shape index (κ1) is 25.2. The molecular weight excluding hydrogens is 454 g/mol. The van der Waals surface area contributed by atoms with Gasteiger partial charge in [0.25, 0.3) is 0 Å². The molecule has 0 saturated carbocycles. The van der Waals surface area contributed by atoms with Crippen molar-refractivity contribution >= 4 is 45.7 Å². The molecule has 1 amide bonds. The number of esters is 1. The van der Waals surface area contributed by atoms with Gasteiger partial charge in [-0.1, -0.05) is 30.8 Å². The molecule has 1 aliphatic heterocycles. The lowest BCUT2D eigenvalue weighted by atomic mass is 10.2. The Hall–Kier alpha value is -3.46. The van der Waals surface area contributed by atoms with E-state index in [2.05, 4.69) is 10.6 Å². The van der Waals surface area contributed by atoms with Crippen LogP contribution in [-0.2, 0) is 14.3 Å². The number of para-hydroxylation sites is 2. The quantitative estimate of drug-likeness (QED) is 0.476. The zero-order chi connectivity index (χ0) is 24.5. The van der Waals surface area contributed by atoms with Gasteiger partial charge in [0, 0.05) is 11.8 Å². The molecule has 0 saturated heterocycles. The molecule has 1 heterocycles. The normalized spacial score (nSPS) is 13.3. The number of hydrogen-bond acceptors (Lipinski definition) is 8. The van der Waals surface area contributed by atoms with Gasteiger partial charge in [-0.05, 0) is 43.7 Å². The predicted octanol–water partition coefficient (Wildman–Crippen LogP) is 5.15. The molecule has 0 unspecified atom stereocenters. The van der Waals surface area contributed by atoms with E-state index in [-0.39, 0.29) is 18.3 Å². The minimum Gasteiger partial charge on any atom is -0.497 e. The summed E-state index contributed by atoms with van der Waals surface area (Å²) in [5, 5.41) is 6.40. The zero-order valence-corrected chi connectivity index (χ0v) is 20.5. The number of rotatable bonds is 9. The second-order valence-electron chi connectivity index (χ2n) is 7.31. The molecule has 2 N–H and O–H groups in total. The summed E-state index contributed by atoms with van der Waals surface area (Å²) in [7, 11) is 3.11. The van der Waals surface area contributed by atoms with E-state index in [0.29, 0.717) is 41.0 Å². The third kappa shape index (κ3) is 6.54. The van der Waals surface area contributed by atoms with Gasteiger partial charge in [-0.2, -0.15) is 0 Å². The van der Waals surface area contributed by atoms with Crippen molar-refractivity contribution in [3.63, 3.8) is 0 Å². The molecule has 0 spiro atoms. The summed E-state index contributed by atoms with van der Waals surface area (Å²) in [5.74, 6) is 0.627. The lowest BCUT2D eigenvalue weighted by Crippen LogP contribution is -2.26. The maximum Gasteiger partial charge on any atom is 0.311 e. The Morgan fingerprint density at radius 1 is 1.12 bits per heavy atom. The van der Waals surface area contributed by atoms with Gasteiger partial charge in [0.15, 0.2) is 0 Å².